The number of pyridine rings is 1. The minimum atomic E-state index is -0.458. The smallest absolute Gasteiger partial charge is 0.213 e. The van der Waals surface area contributed by atoms with Gasteiger partial charge in [-0.3, -0.25) is 4.90 Å². The number of rotatable bonds is 5. The fourth-order valence-electron chi connectivity index (χ4n) is 5.40. The Hall–Kier alpha value is -2.49. The van der Waals surface area contributed by atoms with Crippen LogP contribution in [0, 0.1) is 11.8 Å². The summed E-state index contributed by atoms with van der Waals surface area (Å²) >= 11 is 0. The van der Waals surface area contributed by atoms with Crippen molar-refractivity contribution in [2.45, 2.75) is 31.5 Å². The van der Waals surface area contributed by atoms with E-state index in [0.29, 0.717) is 11.8 Å². The molecule has 6 rings (SSSR count). The topological polar surface area (TPSA) is 27.3 Å². The van der Waals surface area contributed by atoms with Gasteiger partial charge in [0.05, 0.1) is 11.5 Å². The van der Waals surface area contributed by atoms with Gasteiger partial charge in [-0.05, 0) is 37.3 Å². The van der Waals surface area contributed by atoms with Crippen molar-refractivity contribution in [1.82, 2.24) is 4.90 Å². The van der Waals surface area contributed by atoms with E-state index >= 15 is 0 Å². The maximum atomic E-state index is 11.4. The number of aliphatic hydroxyl groups excluding tert-OH is 1. The monoisotopic (exact) mass is 385 g/mol. The third kappa shape index (κ3) is 3.39. The fourth-order valence-corrected chi connectivity index (χ4v) is 5.40. The van der Waals surface area contributed by atoms with Crippen molar-refractivity contribution in [2.24, 2.45) is 11.8 Å². The molecule has 3 aliphatic rings. The molecule has 1 aromatic heterocycles. The van der Waals surface area contributed by atoms with Crippen LogP contribution in [0.3, 0.4) is 0 Å². The van der Waals surface area contributed by atoms with E-state index in [9.17, 15) is 5.11 Å². The molecule has 1 N–H and O–H groups in total. The molecule has 4 heterocycles. The first-order valence-electron chi connectivity index (χ1n) is 10.7. The molecule has 2 aromatic carbocycles. The molecule has 3 nitrogen and oxygen atoms in total. The van der Waals surface area contributed by atoms with Crippen LogP contribution in [0.15, 0.2) is 79.5 Å². The number of para-hydroxylation sites is 1. The lowest BCUT2D eigenvalue weighted by molar-refractivity contribution is -0.662. The predicted octanol–water partition coefficient (Wildman–Crippen LogP) is 4.11. The van der Waals surface area contributed by atoms with Gasteiger partial charge in [-0.1, -0.05) is 48.5 Å². The first kappa shape index (κ1) is 18.5. The first-order chi connectivity index (χ1) is 14.2. The average Bonchev–Trinajstić information content (AvgIpc) is 2.79. The van der Waals surface area contributed by atoms with Crippen LogP contribution in [0.2, 0.25) is 0 Å². The van der Waals surface area contributed by atoms with Crippen LogP contribution in [-0.4, -0.2) is 29.1 Å². The number of hydrogen-bond acceptors (Lipinski definition) is 2. The van der Waals surface area contributed by atoms with Crippen LogP contribution in [-0.2, 0) is 6.54 Å². The van der Waals surface area contributed by atoms with Crippen molar-refractivity contribution in [3.8, 4) is 0 Å². The van der Waals surface area contributed by atoms with Gasteiger partial charge in [-0.25, -0.2) is 0 Å². The van der Waals surface area contributed by atoms with Gasteiger partial charge in [-0.15, -0.1) is 6.58 Å². The Morgan fingerprint density at radius 3 is 2.66 bits per heavy atom. The molecule has 0 amide bonds. The highest BCUT2D eigenvalue weighted by Gasteiger charge is 2.42. The highest BCUT2D eigenvalue weighted by Crippen LogP contribution is 2.41. The summed E-state index contributed by atoms with van der Waals surface area (Å²) in [6, 6.07) is 21.3. The Morgan fingerprint density at radius 1 is 1.10 bits per heavy atom. The van der Waals surface area contributed by atoms with E-state index in [0.717, 1.165) is 37.0 Å². The summed E-state index contributed by atoms with van der Waals surface area (Å²) in [4.78, 5) is 2.48. The number of aliphatic hydroxyl groups is 1. The summed E-state index contributed by atoms with van der Waals surface area (Å²) in [6.07, 6.45) is 6.08. The SMILES string of the molecule is C=C[C@H]1CN2CC[C@H]1C[C@H]2[C@H](O)c1cc[n+](Cc2ccccc2)c2ccccc12. The Kier molecular flexibility index (Phi) is 4.94. The van der Waals surface area contributed by atoms with E-state index in [4.69, 9.17) is 0 Å². The quantitative estimate of drug-likeness (QED) is 0.529. The largest absolute Gasteiger partial charge is 0.387 e. The van der Waals surface area contributed by atoms with Gasteiger partial charge in [0.1, 0.15) is 0 Å². The lowest BCUT2D eigenvalue weighted by Crippen LogP contribution is -2.54. The number of hydrogen-bond donors (Lipinski definition) is 1. The summed E-state index contributed by atoms with van der Waals surface area (Å²) in [5.41, 5.74) is 3.51. The molecule has 2 bridgehead atoms. The van der Waals surface area contributed by atoms with Gasteiger partial charge in [-0.2, -0.15) is 4.57 Å². The highest BCUT2D eigenvalue weighted by atomic mass is 16.3. The van der Waals surface area contributed by atoms with Crippen LogP contribution in [0.1, 0.15) is 30.1 Å². The second-order valence-corrected chi connectivity index (χ2v) is 8.59. The van der Waals surface area contributed by atoms with Gasteiger partial charge in [0.15, 0.2) is 12.7 Å². The number of fused-ring (bicyclic) bond motifs is 4. The van der Waals surface area contributed by atoms with Crippen molar-refractivity contribution < 1.29 is 9.67 Å². The molecule has 3 fully saturated rings. The zero-order chi connectivity index (χ0) is 19.8. The molecule has 0 spiro atoms. The molecule has 1 unspecified atom stereocenters. The molecule has 3 heteroatoms. The molecular formula is C26H29N2O+. The van der Waals surface area contributed by atoms with Gasteiger partial charge in [0, 0.05) is 35.8 Å². The first-order valence-corrected chi connectivity index (χ1v) is 10.7. The molecule has 0 saturated carbocycles. The molecule has 3 aliphatic heterocycles. The lowest BCUT2D eigenvalue weighted by atomic mass is 9.73. The van der Waals surface area contributed by atoms with Crippen LogP contribution in [0.5, 0.6) is 0 Å². The number of aromatic nitrogens is 1. The minimum Gasteiger partial charge on any atom is -0.387 e. The summed E-state index contributed by atoms with van der Waals surface area (Å²) in [7, 11) is 0. The van der Waals surface area contributed by atoms with E-state index in [2.05, 4.69) is 89.0 Å². The standard InChI is InChI=1S/C26H29N2O/c1-2-20-18-28-14-12-21(20)16-25(28)26(29)23-13-15-27(17-19-8-4-3-5-9-19)24-11-7-6-10-22(23)24/h2-11,13,15,20-21,25-26,29H,1,12,14,16-18H2/q+1/t20-,21-,25-,26+/m0/s1. The van der Waals surface area contributed by atoms with E-state index < -0.39 is 6.10 Å². The van der Waals surface area contributed by atoms with Gasteiger partial charge >= 0.3 is 0 Å². The third-order valence-corrected chi connectivity index (χ3v) is 6.99. The Balaban J connectivity index is 1.48. The van der Waals surface area contributed by atoms with E-state index in [1.165, 1.54) is 17.5 Å². The molecule has 0 radical (unpaired) electrons. The molecular weight excluding hydrogens is 356 g/mol. The average molecular weight is 386 g/mol. The van der Waals surface area contributed by atoms with Gasteiger partial charge < -0.3 is 5.11 Å². The Morgan fingerprint density at radius 2 is 1.90 bits per heavy atom. The molecule has 3 saturated heterocycles. The second kappa shape index (κ2) is 7.74. The third-order valence-electron chi connectivity index (χ3n) is 6.99. The Bertz CT molecular complexity index is 1020. The normalized spacial score (nSPS) is 27.1. The van der Waals surface area contributed by atoms with Gasteiger partial charge in [0.25, 0.3) is 0 Å². The van der Waals surface area contributed by atoms with Crippen LogP contribution >= 0.6 is 0 Å². The number of nitrogens with zero attached hydrogens (tertiary/aromatic N) is 2. The van der Waals surface area contributed by atoms with Crippen molar-refractivity contribution in [1.29, 1.82) is 0 Å². The minimum absolute atomic E-state index is 0.207. The van der Waals surface area contributed by atoms with E-state index in [-0.39, 0.29) is 6.04 Å². The molecule has 29 heavy (non-hydrogen) atoms. The summed E-state index contributed by atoms with van der Waals surface area (Å²) in [6.45, 7) is 6.98. The van der Waals surface area contributed by atoms with E-state index in [1.54, 1.807) is 0 Å². The van der Waals surface area contributed by atoms with Crippen molar-refractivity contribution >= 4 is 10.9 Å². The van der Waals surface area contributed by atoms with Crippen molar-refractivity contribution in [2.75, 3.05) is 13.1 Å². The summed E-state index contributed by atoms with van der Waals surface area (Å²) in [5.74, 6) is 1.24. The molecule has 148 valence electrons. The molecule has 3 aromatic rings. The van der Waals surface area contributed by atoms with Crippen LogP contribution in [0.25, 0.3) is 10.9 Å². The summed E-state index contributed by atoms with van der Waals surface area (Å²) in [5, 5.41) is 12.6. The van der Waals surface area contributed by atoms with Crippen LogP contribution in [0.4, 0.5) is 0 Å². The fraction of sp³-hybridized carbons (Fsp3) is 0.346. The van der Waals surface area contributed by atoms with Crippen molar-refractivity contribution in [3.05, 3.63) is 90.6 Å². The molecule has 5 atom stereocenters. The maximum Gasteiger partial charge on any atom is 0.213 e. The Labute approximate surface area is 172 Å². The van der Waals surface area contributed by atoms with Crippen molar-refractivity contribution in [3.63, 3.8) is 0 Å². The van der Waals surface area contributed by atoms with Crippen LogP contribution < -0.4 is 4.57 Å². The number of benzene rings is 2. The second-order valence-electron chi connectivity index (χ2n) is 8.59. The highest BCUT2D eigenvalue weighted by molar-refractivity contribution is 5.79. The van der Waals surface area contributed by atoms with Gasteiger partial charge in [0.2, 0.25) is 5.52 Å². The number of piperidine rings is 3. The predicted molar refractivity (Wildman–Crippen MR) is 116 cm³/mol. The summed E-state index contributed by atoms with van der Waals surface area (Å²) < 4.78 is 2.28. The lowest BCUT2D eigenvalue weighted by Gasteiger charge is -2.50. The zero-order valence-corrected chi connectivity index (χ0v) is 16.8. The van der Waals surface area contributed by atoms with E-state index in [1.807, 2.05) is 0 Å². The molecule has 0 aliphatic carbocycles. The maximum absolute atomic E-state index is 11.4. The zero-order valence-electron chi connectivity index (χ0n) is 16.8.